The van der Waals surface area contributed by atoms with Crippen molar-refractivity contribution in [2.24, 2.45) is 16.8 Å². The summed E-state index contributed by atoms with van der Waals surface area (Å²) in [5, 5.41) is 0. The molecule has 1 aromatic rings. The summed E-state index contributed by atoms with van der Waals surface area (Å²) in [6, 6.07) is 6.99. The van der Waals surface area contributed by atoms with Gasteiger partial charge in [0.05, 0.1) is 26.6 Å². The van der Waals surface area contributed by atoms with Crippen LogP contribution in [0, 0.1) is 17.7 Å². The average Bonchev–Trinajstić information content (AvgIpc) is 3.22. The van der Waals surface area contributed by atoms with E-state index >= 15 is 0 Å². The van der Waals surface area contributed by atoms with Gasteiger partial charge in [0.25, 0.3) is 0 Å². The number of carbonyl (C=O) groups excluding carboxylic acids is 2. The highest BCUT2D eigenvalue weighted by Gasteiger charge is 2.52. The molecule has 8 heteroatoms. The minimum Gasteiger partial charge on any atom is -0.469 e. The van der Waals surface area contributed by atoms with Gasteiger partial charge in [0, 0.05) is 19.0 Å². The monoisotopic (exact) mass is 503 g/mol. The predicted molar refractivity (Wildman–Crippen MR) is 138 cm³/mol. The quantitative estimate of drug-likeness (QED) is 0.411. The van der Waals surface area contributed by atoms with Gasteiger partial charge in [-0.15, -0.1) is 0 Å². The lowest BCUT2D eigenvalue weighted by Crippen LogP contribution is -2.53. The Balaban J connectivity index is 1.73. The van der Waals surface area contributed by atoms with E-state index < -0.39 is 5.54 Å². The Morgan fingerprint density at radius 3 is 2.36 bits per heavy atom. The molecule has 0 radical (unpaired) electrons. The number of nitrogens with zero attached hydrogens (tertiary/aromatic N) is 3. The minimum absolute atomic E-state index is 0.119. The maximum Gasteiger partial charge on any atom is 0.335 e. The average molecular weight is 504 g/mol. The van der Waals surface area contributed by atoms with E-state index in [0.717, 1.165) is 50.6 Å². The SMILES string of the molecule is CCCN1C=NC(CCC(=O)OC)(C(=O)OC)C1CC1CCC(C(c2ccc(F)cc2)N(C)C)CC1. The lowest BCUT2D eigenvalue weighted by molar-refractivity contribution is -0.150. The van der Waals surface area contributed by atoms with E-state index in [1.165, 1.54) is 14.2 Å². The molecule has 2 aliphatic rings. The van der Waals surface area contributed by atoms with Crippen molar-refractivity contribution in [3.8, 4) is 0 Å². The van der Waals surface area contributed by atoms with Gasteiger partial charge in [-0.3, -0.25) is 9.79 Å². The highest BCUT2D eigenvalue weighted by Crippen LogP contribution is 2.43. The van der Waals surface area contributed by atoms with Crippen LogP contribution < -0.4 is 0 Å². The van der Waals surface area contributed by atoms with Crippen LogP contribution in [0.1, 0.15) is 69.9 Å². The Morgan fingerprint density at radius 1 is 1.14 bits per heavy atom. The largest absolute Gasteiger partial charge is 0.469 e. The standard InChI is InChI=1S/C28H42FN3O4/c1-6-17-32-19-30-28(27(34)36-5,16-15-25(33)35-4)24(32)18-20-7-9-21(10-8-20)26(31(2)3)22-11-13-23(29)14-12-22/h11-14,19-21,24,26H,6-10,15-18H2,1-5H3. The van der Waals surface area contributed by atoms with E-state index in [2.05, 4.69) is 35.8 Å². The summed E-state index contributed by atoms with van der Waals surface area (Å²) in [5.41, 5.74) is 0.0607. The van der Waals surface area contributed by atoms with Crippen LogP contribution in [-0.4, -0.2) is 74.5 Å². The number of hydrogen-bond acceptors (Lipinski definition) is 7. The molecule has 0 spiro atoms. The number of carbonyl (C=O) groups is 2. The van der Waals surface area contributed by atoms with Crippen LogP contribution in [0.2, 0.25) is 0 Å². The molecule has 1 heterocycles. The molecule has 3 unspecified atom stereocenters. The molecule has 7 nitrogen and oxygen atoms in total. The number of benzene rings is 1. The normalized spacial score (nSPS) is 26.8. The van der Waals surface area contributed by atoms with Crippen LogP contribution in [0.15, 0.2) is 29.3 Å². The second kappa shape index (κ2) is 12.7. The fraction of sp³-hybridized carbons (Fsp3) is 0.679. The Kier molecular flexibility index (Phi) is 9.88. The molecule has 3 atom stereocenters. The van der Waals surface area contributed by atoms with Crippen LogP contribution in [-0.2, 0) is 19.1 Å². The number of hydrogen-bond donors (Lipinski definition) is 0. The number of methoxy groups -OCH3 is 2. The minimum atomic E-state index is -1.09. The second-order valence-corrected chi connectivity index (χ2v) is 10.5. The van der Waals surface area contributed by atoms with Gasteiger partial charge in [-0.1, -0.05) is 31.9 Å². The molecule has 0 N–H and O–H groups in total. The fourth-order valence-corrected chi connectivity index (χ4v) is 6.22. The van der Waals surface area contributed by atoms with E-state index in [-0.39, 0.29) is 42.7 Å². The third-order valence-electron chi connectivity index (χ3n) is 8.01. The summed E-state index contributed by atoms with van der Waals surface area (Å²) in [7, 11) is 6.92. The smallest absolute Gasteiger partial charge is 0.335 e. The van der Waals surface area contributed by atoms with Crippen molar-refractivity contribution in [3.05, 3.63) is 35.6 Å². The van der Waals surface area contributed by atoms with Gasteiger partial charge >= 0.3 is 11.9 Å². The van der Waals surface area contributed by atoms with Gasteiger partial charge in [-0.2, -0.15) is 0 Å². The third kappa shape index (κ3) is 6.25. The van der Waals surface area contributed by atoms with Crippen molar-refractivity contribution >= 4 is 18.3 Å². The molecule has 3 rings (SSSR count). The van der Waals surface area contributed by atoms with Crippen LogP contribution >= 0.6 is 0 Å². The third-order valence-corrected chi connectivity index (χ3v) is 8.01. The van der Waals surface area contributed by atoms with E-state index in [1.54, 1.807) is 18.5 Å². The Labute approximate surface area is 215 Å². The Morgan fingerprint density at radius 2 is 1.81 bits per heavy atom. The first kappa shape index (κ1) is 28.1. The van der Waals surface area contributed by atoms with Crippen LogP contribution in [0.25, 0.3) is 0 Å². The van der Waals surface area contributed by atoms with Gasteiger partial charge in [0.2, 0.25) is 0 Å². The first-order chi connectivity index (χ1) is 17.2. The number of aliphatic imine (C=N–C) groups is 1. The molecule has 0 saturated heterocycles. The summed E-state index contributed by atoms with van der Waals surface area (Å²) in [5.74, 6) is -0.0127. The second-order valence-electron chi connectivity index (χ2n) is 10.5. The number of rotatable bonds is 11. The first-order valence-corrected chi connectivity index (χ1v) is 13.1. The van der Waals surface area contributed by atoms with Crippen LogP contribution in [0.5, 0.6) is 0 Å². The molecule has 0 bridgehead atoms. The van der Waals surface area contributed by atoms with Gasteiger partial charge in [-0.25, -0.2) is 9.18 Å². The van der Waals surface area contributed by atoms with E-state index in [9.17, 15) is 14.0 Å². The maximum absolute atomic E-state index is 13.5. The predicted octanol–water partition coefficient (Wildman–Crippen LogP) is 4.61. The molecular weight excluding hydrogens is 461 g/mol. The Hall–Kier alpha value is -2.48. The molecule has 1 aliphatic heterocycles. The molecular formula is C28H42FN3O4. The maximum atomic E-state index is 13.5. The molecule has 0 aromatic heterocycles. The van der Waals surface area contributed by atoms with Gasteiger partial charge in [0.1, 0.15) is 5.82 Å². The Bertz CT molecular complexity index is 899. The summed E-state index contributed by atoms with van der Waals surface area (Å²) < 4.78 is 23.6. The van der Waals surface area contributed by atoms with Crippen molar-refractivity contribution < 1.29 is 23.5 Å². The fourth-order valence-electron chi connectivity index (χ4n) is 6.22. The lowest BCUT2D eigenvalue weighted by Gasteiger charge is -2.41. The first-order valence-electron chi connectivity index (χ1n) is 13.1. The molecule has 200 valence electrons. The summed E-state index contributed by atoms with van der Waals surface area (Å²) in [4.78, 5) is 34.1. The highest BCUT2D eigenvalue weighted by molar-refractivity contribution is 5.87. The highest BCUT2D eigenvalue weighted by atomic mass is 19.1. The van der Waals surface area contributed by atoms with Crippen LogP contribution in [0.3, 0.4) is 0 Å². The van der Waals surface area contributed by atoms with E-state index in [0.29, 0.717) is 11.8 Å². The number of halogens is 1. The number of ether oxygens (including phenoxy) is 2. The van der Waals surface area contributed by atoms with E-state index in [1.807, 2.05) is 12.1 Å². The molecule has 0 amide bonds. The molecule has 1 fully saturated rings. The summed E-state index contributed by atoms with van der Waals surface area (Å²) >= 11 is 0. The zero-order valence-corrected chi connectivity index (χ0v) is 22.4. The van der Waals surface area contributed by atoms with Crippen molar-refractivity contribution in [2.75, 3.05) is 34.9 Å². The molecule has 1 saturated carbocycles. The van der Waals surface area contributed by atoms with Crippen molar-refractivity contribution in [1.82, 2.24) is 9.80 Å². The van der Waals surface area contributed by atoms with Gasteiger partial charge in [-0.05, 0) is 75.7 Å². The van der Waals surface area contributed by atoms with E-state index in [4.69, 9.17) is 9.47 Å². The number of esters is 2. The lowest BCUT2D eigenvalue weighted by atomic mass is 9.72. The molecule has 36 heavy (non-hydrogen) atoms. The summed E-state index contributed by atoms with van der Waals surface area (Å²) in [6.45, 7) is 2.91. The van der Waals surface area contributed by atoms with Crippen molar-refractivity contribution in [2.45, 2.75) is 75.9 Å². The zero-order valence-electron chi connectivity index (χ0n) is 22.4. The summed E-state index contributed by atoms with van der Waals surface area (Å²) in [6.07, 6.45) is 8.19. The zero-order chi connectivity index (χ0) is 26.3. The molecule has 1 aromatic carbocycles. The van der Waals surface area contributed by atoms with Crippen LogP contribution in [0.4, 0.5) is 4.39 Å². The van der Waals surface area contributed by atoms with Gasteiger partial charge < -0.3 is 19.3 Å². The van der Waals surface area contributed by atoms with Gasteiger partial charge in [0.15, 0.2) is 5.54 Å². The van der Waals surface area contributed by atoms with Crippen molar-refractivity contribution in [1.29, 1.82) is 0 Å². The topological polar surface area (TPSA) is 71.4 Å². The molecule has 1 aliphatic carbocycles. The van der Waals surface area contributed by atoms with Crippen molar-refractivity contribution in [3.63, 3.8) is 0 Å².